The standard InChI is InChI=1S/C13H8N2O3S/c16-11-9(12(17)18)10(8-4-2-1-3-5-8)14-13-15(11)6-7-19-13/h1-7H,(H,17,18). The van der Waals surface area contributed by atoms with Crippen molar-refractivity contribution in [1.82, 2.24) is 9.38 Å². The number of hydrogen-bond acceptors (Lipinski definition) is 4. The minimum Gasteiger partial charge on any atom is -0.477 e. The van der Waals surface area contributed by atoms with Crippen molar-refractivity contribution in [2.24, 2.45) is 0 Å². The first-order chi connectivity index (χ1) is 9.18. The highest BCUT2D eigenvalue weighted by Gasteiger charge is 2.20. The van der Waals surface area contributed by atoms with Gasteiger partial charge in [-0.25, -0.2) is 9.78 Å². The Labute approximate surface area is 111 Å². The molecule has 0 saturated carbocycles. The van der Waals surface area contributed by atoms with Gasteiger partial charge in [-0.3, -0.25) is 9.20 Å². The van der Waals surface area contributed by atoms with Crippen LogP contribution in [0.25, 0.3) is 16.2 Å². The molecule has 3 rings (SSSR count). The molecule has 5 nitrogen and oxygen atoms in total. The van der Waals surface area contributed by atoms with E-state index < -0.39 is 11.5 Å². The number of carboxylic acids is 1. The van der Waals surface area contributed by atoms with Crippen molar-refractivity contribution >= 4 is 22.3 Å². The van der Waals surface area contributed by atoms with Crippen LogP contribution in [-0.4, -0.2) is 20.5 Å². The van der Waals surface area contributed by atoms with Gasteiger partial charge < -0.3 is 5.11 Å². The van der Waals surface area contributed by atoms with Crippen LogP contribution < -0.4 is 5.56 Å². The van der Waals surface area contributed by atoms with E-state index in [4.69, 9.17) is 0 Å². The number of hydrogen-bond donors (Lipinski definition) is 1. The Balaban J connectivity index is 2.43. The van der Waals surface area contributed by atoms with E-state index in [0.717, 1.165) is 0 Å². The number of carbonyl (C=O) groups is 1. The molecular formula is C13H8N2O3S. The Kier molecular flexibility index (Phi) is 2.64. The molecular weight excluding hydrogens is 264 g/mol. The van der Waals surface area contributed by atoms with Gasteiger partial charge in [0.25, 0.3) is 5.56 Å². The number of aromatic nitrogens is 2. The minimum absolute atomic E-state index is 0.209. The largest absolute Gasteiger partial charge is 0.477 e. The normalized spacial score (nSPS) is 10.7. The number of thiazole rings is 1. The molecule has 0 radical (unpaired) electrons. The number of rotatable bonds is 2. The maximum absolute atomic E-state index is 12.2. The van der Waals surface area contributed by atoms with Gasteiger partial charge in [-0.15, -0.1) is 11.3 Å². The summed E-state index contributed by atoms with van der Waals surface area (Å²) in [6.07, 6.45) is 1.52. The summed E-state index contributed by atoms with van der Waals surface area (Å²) in [7, 11) is 0. The van der Waals surface area contributed by atoms with Crippen LogP contribution in [0.1, 0.15) is 10.4 Å². The molecule has 0 amide bonds. The van der Waals surface area contributed by atoms with Crippen LogP contribution in [0.5, 0.6) is 0 Å². The van der Waals surface area contributed by atoms with E-state index in [9.17, 15) is 14.7 Å². The van der Waals surface area contributed by atoms with Crippen LogP contribution in [0.2, 0.25) is 0 Å². The fraction of sp³-hybridized carbons (Fsp3) is 0. The minimum atomic E-state index is -1.27. The lowest BCUT2D eigenvalue weighted by Gasteiger charge is -2.05. The molecule has 1 aromatic carbocycles. The van der Waals surface area contributed by atoms with Crippen LogP contribution in [0.4, 0.5) is 0 Å². The fourth-order valence-electron chi connectivity index (χ4n) is 1.88. The summed E-state index contributed by atoms with van der Waals surface area (Å²) in [5.41, 5.74) is -0.0341. The average molecular weight is 272 g/mol. The van der Waals surface area contributed by atoms with Crippen LogP contribution >= 0.6 is 11.3 Å². The molecule has 0 bridgehead atoms. The molecule has 0 spiro atoms. The van der Waals surface area contributed by atoms with Crippen LogP contribution in [-0.2, 0) is 0 Å². The van der Waals surface area contributed by atoms with Crippen molar-refractivity contribution in [2.75, 3.05) is 0 Å². The molecule has 94 valence electrons. The quantitative estimate of drug-likeness (QED) is 0.775. The third-order valence-electron chi connectivity index (χ3n) is 2.73. The van der Waals surface area contributed by atoms with Crippen LogP contribution in [0, 0.1) is 0 Å². The zero-order valence-corrected chi connectivity index (χ0v) is 10.4. The summed E-state index contributed by atoms with van der Waals surface area (Å²) >= 11 is 1.29. The predicted octanol–water partition coefficient (Wildman–Crippen LogP) is 2.12. The van der Waals surface area contributed by atoms with Crippen molar-refractivity contribution in [3.63, 3.8) is 0 Å². The van der Waals surface area contributed by atoms with Crippen LogP contribution in [0.3, 0.4) is 0 Å². The zero-order valence-electron chi connectivity index (χ0n) is 9.61. The van der Waals surface area contributed by atoms with Crippen molar-refractivity contribution in [3.05, 3.63) is 57.8 Å². The Morgan fingerprint density at radius 1 is 1.26 bits per heavy atom. The Bertz CT molecular complexity index is 821. The monoisotopic (exact) mass is 272 g/mol. The molecule has 2 aromatic heterocycles. The maximum Gasteiger partial charge on any atom is 0.343 e. The molecule has 1 N–H and O–H groups in total. The molecule has 0 saturated heterocycles. The number of aromatic carboxylic acids is 1. The molecule has 0 aliphatic rings. The lowest BCUT2D eigenvalue weighted by Crippen LogP contribution is -2.23. The molecule has 3 aromatic rings. The number of carboxylic acid groups (broad SMARTS) is 1. The number of nitrogens with zero attached hydrogens (tertiary/aromatic N) is 2. The fourth-order valence-corrected chi connectivity index (χ4v) is 2.58. The van der Waals surface area contributed by atoms with E-state index in [0.29, 0.717) is 10.5 Å². The summed E-state index contributed by atoms with van der Waals surface area (Å²) in [5.74, 6) is -1.27. The first-order valence-corrected chi connectivity index (χ1v) is 6.35. The van der Waals surface area contributed by atoms with Gasteiger partial charge in [-0.2, -0.15) is 0 Å². The molecule has 0 unspecified atom stereocenters. The second kappa shape index (κ2) is 4.33. The Morgan fingerprint density at radius 2 is 2.00 bits per heavy atom. The third kappa shape index (κ3) is 1.82. The highest BCUT2D eigenvalue weighted by molar-refractivity contribution is 7.15. The van der Waals surface area contributed by atoms with Gasteiger partial charge in [0, 0.05) is 17.1 Å². The van der Waals surface area contributed by atoms with Gasteiger partial charge >= 0.3 is 5.97 Å². The smallest absolute Gasteiger partial charge is 0.343 e. The molecule has 6 heteroatoms. The average Bonchev–Trinajstić information content (AvgIpc) is 2.87. The van der Waals surface area contributed by atoms with Crippen molar-refractivity contribution in [1.29, 1.82) is 0 Å². The summed E-state index contributed by atoms with van der Waals surface area (Å²) < 4.78 is 1.25. The first kappa shape index (κ1) is 11.6. The number of fused-ring (bicyclic) bond motifs is 1. The van der Waals surface area contributed by atoms with Gasteiger partial charge in [0.15, 0.2) is 10.5 Å². The second-order valence-corrected chi connectivity index (χ2v) is 4.74. The van der Waals surface area contributed by atoms with Gasteiger partial charge in [-0.1, -0.05) is 30.3 Å². The molecule has 19 heavy (non-hydrogen) atoms. The Hall–Kier alpha value is -2.47. The van der Waals surface area contributed by atoms with E-state index in [1.54, 1.807) is 29.6 Å². The van der Waals surface area contributed by atoms with Crippen molar-refractivity contribution in [3.8, 4) is 11.3 Å². The summed E-state index contributed by atoms with van der Waals surface area (Å²) in [6.45, 7) is 0. The summed E-state index contributed by atoms with van der Waals surface area (Å²) in [6, 6.07) is 8.84. The highest BCUT2D eigenvalue weighted by atomic mass is 32.1. The lowest BCUT2D eigenvalue weighted by atomic mass is 10.1. The predicted molar refractivity (Wildman–Crippen MR) is 71.7 cm³/mol. The third-order valence-corrected chi connectivity index (χ3v) is 3.48. The van der Waals surface area contributed by atoms with E-state index >= 15 is 0 Å². The number of benzene rings is 1. The highest BCUT2D eigenvalue weighted by Crippen LogP contribution is 2.21. The van der Waals surface area contributed by atoms with Crippen molar-refractivity contribution in [2.45, 2.75) is 0 Å². The van der Waals surface area contributed by atoms with E-state index in [1.165, 1.54) is 21.9 Å². The molecule has 0 atom stereocenters. The van der Waals surface area contributed by atoms with E-state index in [1.807, 2.05) is 6.07 Å². The second-order valence-electron chi connectivity index (χ2n) is 3.87. The zero-order chi connectivity index (χ0) is 13.4. The van der Waals surface area contributed by atoms with Crippen LogP contribution in [0.15, 0.2) is 46.7 Å². The molecule has 2 heterocycles. The van der Waals surface area contributed by atoms with Crippen molar-refractivity contribution < 1.29 is 9.90 Å². The molecule has 0 aliphatic heterocycles. The lowest BCUT2D eigenvalue weighted by molar-refractivity contribution is 0.0695. The van der Waals surface area contributed by atoms with Gasteiger partial charge in [0.2, 0.25) is 0 Å². The topological polar surface area (TPSA) is 71.7 Å². The SMILES string of the molecule is O=C(O)c1c(-c2ccccc2)nc2sccn2c1=O. The molecule has 0 fully saturated rings. The van der Waals surface area contributed by atoms with Gasteiger partial charge in [0.05, 0.1) is 5.69 Å². The van der Waals surface area contributed by atoms with E-state index in [-0.39, 0.29) is 11.3 Å². The molecule has 0 aliphatic carbocycles. The first-order valence-electron chi connectivity index (χ1n) is 5.47. The summed E-state index contributed by atoms with van der Waals surface area (Å²) in [5, 5.41) is 11.0. The van der Waals surface area contributed by atoms with E-state index in [2.05, 4.69) is 4.98 Å². The van der Waals surface area contributed by atoms with Gasteiger partial charge in [-0.05, 0) is 0 Å². The maximum atomic E-state index is 12.2. The van der Waals surface area contributed by atoms with Gasteiger partial charge in [0.1, 0.15) is 0 Å². The summed E-state index contributed by atoms with van der Waals surface area (Å²) in [4.78, 5) is 28.3. The Morgan fingerprint density at radius 3 is 2.68 bits per heavy atom.